The van der Waals surface area contributed by atoms with Crippen LogP contribution in [0, 0.1) is 5.92 Å². The van der Waals surface area contributed by atoms with E-state index in [-0.39, 0.29) is 18.4 Å². The Kier molecular flexibility index (Phi) is 3.50. The van der Waals surface area contributed by atoms with Crippen LogP contribution in [0.4, 0.5) is 0 Å². The first kappa shape index (κ1) is 11.9. The number of nitrogens with two attached hydrogens (primary N) is 1. The fourth-order valence-electron chi connectivity index (χ4n) is 2.93. The van der Waals surface area contributed by atoms with E-state index in [2.05, 4.69) is 0 Å². The molecular weight excluding hydrogens is 204 g/mol. The van der Waals surface area contributed by atoms with Crippen LogP contribution in [0.25, 0.3) is 0 Å². The summed E-state index contributed by atoms with van der Waals surface area (Å²) in [4.78, 5) is 14.2. The van der Waals surface area contributed by atoms with Gasteiger partial charge in [-0.15, -0.1) is 0 Å². The van der Waals surface area contributed by atoms with Crippen molar-refractivity contribution in [3.63, 3.8) is 0 Å². The van der Waals surface area contributed by atoms with Gasteiger partial charge in [-0.25, -0.2) is 0 Å². The van der Waals surface area contributed by atoms with Gasteiger partial charge in [-0.05, 0) is 31.6 Å². The zero-order chi connectivity index (χ0) is 11.6. The van der Waals surface area contributed by atoms with E-state index in [0.717, 1.165) is 45.1 Å². The number of aliphatic hydroxyl groups excluding tert-OH is 1. The molecule has 4 heteroatoms. The molecule has 0 radical (unpaired) electrons. The highest BCUT2D eigenvalue weighted by molar-refractivity contribution is 5.86. The quantitative estimate of drug-likeness (QED) is 0.720. The number of nitrogens with zero attached hydrogens (tertiary/aromatic N) is 1. The number of likely N-dealkylation sites (tertiary alicyclic amines) is 1. The summed E-state index contributed by atoms with van der Waals surface area (Å²) in [6, 6.07) is 0. The standard InChI is InChI=1S/C12H22N2O2/c13-12(5-1-2-6-12)11(16)14-7-3-4-10(8-14)9-15/h10,15H,1-9,13H2. The molecule has 1 saturated carbocycles. The van der Waals surface area contributed by atoms with Gasteiger partial charge in [-0.3, -0.25) is 4.79 Å². The summed E-state index contributed by atoms with van der Waals surface area (Å²) in [5.41, 5.74) is 5.57. The zero-order valence-corrected chi connectivity index (χ0v) is 9.82. The largest absolute Gasteiger partial charge is 0.396 e. The molecule has 0 spiro atoms. The van der Waals surface area contributed by atoms with Crippen molar-refractivity contribution >= 4 is 5.91 Å². The first-order valence-electron chi connectivity index (χ1n) is 6.35. The molecule has 92 valence electrons. The molecule has 0 bridgehead atoms. The topological polar surface area (TPSA) is 66.6 Å². The zero-order valence-electron chi connectivity index (χ0n) is 9.82. The van der Waals surface area contributed by atoms with Gasteiger partial charge in [0.05, 0.1) is 5.54 Å². The lowest BCUT2D eigenvalue weighted by Crippen LogP contribution is -2.56. The van der Waals surface area contributed by atoms with E-state index in [0.29, 0.717) is 6.54 Å². The van der Waals surface area contributed by atoms with E-state index >= 15 is 0 Å². The van der Waals surface area contributed by atoms with Gasteiger partial charge in [0.2, 0.25) is 5.91 Å². The Hall–Kier alpha value is -0.610. The monoisotopic (exact) mass is 226 g/mol. The molecule has 2 aliphatic rings. The molecule has 16 heavy (non-hydrogen) atoms. The van der Waals surface area contributed by atoms with Crippen molar-refractivity contribution in [1.82, 2.24) is 4.90 Å². The van der Waals surface area contributed by atoms with E-state index in [1.165, 1.54) is 0 Å². The predicted octanol–water partition coefficient (Wildman–Crippen LogP) is 0.489. The number of hydrogen-bond acceptors (Lipinski definition) is 3. The summed E-state index contributed by atoms with van der Waals surface area (Å²) in [6.07, 6.45) is 5.81. The number of carbonyl (C=O) groups excluding carboxylic acids is 1. The number of hydrogen-bond donors (Lipinski definition) is 2. The van der Waals surface area contributed by atoms with Crippen LogP contribution in [-0.2, 0) is 4.79 Å². The van der Waals surface area contributed by atoms with Crippen molar-refractivity contribution in [3.05, 3.63) is 0 Å². The van der Waals surface area contributed by atoms with Crippen LogP contribution < -0.4 is 5.73 Å². The second kappa shape index (κ2) is 4.72. The average molecular weight is 226 g/mol. The first-order valence-corrected chi connectivity index (χ1v) is 6.35. The van der Waals surface area contributed by atoms with Gasteiger partial charge in [0, 0.05) is 19.7 Å². The maximum absolute atomic E-state index is 12.3. The minimum Gasteiger partial charge on any atom is -0.396 e. The highest BCUT2D eigenvalue weighted by Gasteiger charge is 2.40. The smallest absolute Gasteiger partial charge is 0.242 e. The fraction of sp³-hybridized carbons (Fsp3) is 0.917. The molecule has 1 aliphatic carbocycles. The third-order valence-corrected chi connectivity index (χ3v) is 3.99. The van der Waals surface area contributed by atoms with Crippen molar-refractivity contribution < 1.29 is 9.90 Å². The van der Waals surface area contributed by atoms with Crippen LogP contribution in [0.3, 0.4) is 0 Å². The minimum atomic E-state index is -0.600. The summed E-state index contributed by atoms with van der Waals surface area (Å²) in [5, 5.41) is 9.15. The van der Waals surface area contributed by atoms with Crippen LogP contribution >= 0.6 is 0 Å². The Labute approximate surface area is 96.8 Å². The molecule has 1 unspecified atom stereocenters. The van der Waals surface area contributed by atoms with E-state index in [4.69, 9.17) is 10.8 Å². The molecule has 0 aromatic rings. The summed E-state index contributed by atoms with van der Waals surface area (Å²) in [7, 11) is 0. The normalized spacial score (nSPS) is 29.4. The van der Waals surface area contributed by atoms with Gasteiger partial charge in [0.1, 0.15) is 0 Å². The lowest BCUT2D eigenvalue weighted by Gasteiger charge is -2.36. The van der Waals surface area contributed by atoms with E-state index in [9.17, 15) is 4.79 Å². The second-order valence-corrected chi connectivity index (χ2v) is 5.31. The SMILES string of the molecule is NC1(C(=O)N2CCCC(CO)C2)CCCC1. The third-order valence-electron chi connectivity index (χ3n) is 3.99. The Morgan fingerprint density at radius 3 is 2.69 bits per heavy atom. The number of rotatable bonds is 2. The lowest BCUT2D eigenvalue weighted by atomic mass is 9.93. The van der Waals surface area contributed by atoms with E-state index < -0.39 is 5.54 Å². The molecule has 1 aliphatic heterocycles. The molecule has 4 nitrogen and oxygen atoms in total. The fourth-order valence-corrected chi connectivity index (χ4v) is 2.93. The van der Waals surface area contributed by atoms with Gasteiger partial charge >= 0.3 is 0 Å². The van der Waals surface area contributed by atoms with Crippen molar-refractivity contribution in [2.75, 3.05) is 19.7 Å². The van der Waals surface area contributed by atoms with Gasteiger partial charge in [0.25, 0.3) is 0 Å². The Bertz CT molecular complexity index is 262. The van der Waals surface area contributed by atoms with Crippen LogP contribution in [0.2, 0.25) is 0 Å². The Morgan fingerprint density at radius 1 is 1.38 bits per heavy atom. The van der Waals surface area contributed by atoms with Gasteiger partial charge in [-0.1, -0.05) is 12.8 Å². The molecule has 0 aromatic heterocycles. The number of amides is 1. The van der Waals surface area contributed by atoms with Crippen LogP contribution in [0.5, 0.6) is 0 Å². The van der Waals surface area contributed by atoms with Crippen molar-refractivity contribution in [2.45, 2.75) is 44.1 Å². The molecule has 1 amide bonds. The number of carbonyl (C=O) groups is 1. The van der Waals surface area contributed by atoms with Crippen molar-refractivity contribution in [3.8, 4) is 0 Å². The van der Waals surface area contributed by atoms with Crippen molar-refractivity contribution in [1.29, 1.82) is 0 Å². The molecule has 1 heterocycles. The highest BCUT2D eigenvalue weighted by Crippen LogP contribution is 2.30. The van der Waals surface area contributed by atoms with Crippen LogP contribution in [0.15, 0.2) is 0 Å². The molecule has 3 N–H and O–H groups in total. The Balaban J connectivity index is 1.98. The van der Waals surface area contributed by atoms with Gasteiger partial charge < -0.3 is 15.7 Å². The summed E-state index contributed by atoms with van der Waals surface area (Å²) >= 11 is 0. The molecule has 0 aromatic carbocycles. The lowest BCUT2D eigenvalue weighted by molar-refractivity contribution is -0.139. The number of aliphatic hydroxyl groups is 1. The highest BCUT2D eigenvalue weighted by atomic mass is 16.3. The number of piperidine rings is 1. The predicted molar refractivity (Wildman–Crippen MR) is 61.8 cm³/mol. The van der Waals surface area contributed by atoms with Crippen LogP contribution in [-0.4, -0.2) is 41.1 Å². The summed E-state index contributed by atoms with van der Waals surface area (Å²) in [6.45, 7) is 1.68. The molecular formula is C12H22N2O2. The molecule has 1 saturated heterocycles. The molecule has 2 fully saturated rings. The summed E-state index contributed by atoms with van der Waals surface area (Å²) < 4.78 is 0. The third kappa shape index (κ3) is 2.23. The minimum absolute atomic E-state index is 0.114. The van der Waals surface area contributed by atoms with Crippen LogP contribution in [0.1, 0.15) is 38.5 Å². The first-order chi connectivity index (χ1) is 7.65. The summed E-state index contributed by atoms with van der Waals surface area (Å²) in [5.74, 6) is 0.367. The van der Waals surface area contributed by atoms with Gasteiger partial charge in [0.15, 0.2) is 0 Å². The van der Waals surface area contributed by atoms with E-state index in [1.54, 1.807) is 0 Å². The Morgan fingerprint density at radius 2 is 2.06 bits per heavy atom. The van der Waals surface area contributed by atoms with Gasteiger partial charge in [-0.2, -0.15) is 0 Å². The molecule has 1 atom stereocenters. The maximum Gasteiger partial charge on any atom is 0.242 e. The molecule has 2 rings (SSSR count). The van der Waals surface area contributed by atoms with Crippen molar-refractivity contribution in [2.24, 2.45) is 11.7 Å². The average Bonchev–Trinajstić information content (AvgIpc) is 2.76. The maximum atomic E-state index is 12.3. The van der Waals surface area contributed by atoms with E-state index in [1.807, 2.05) is 4.90 Å². The second-order valence-electron chi connectivity index (χ2n) is 5.31.